The van der Waals surface area contributed by atoms with Gasteiger partial charge in [0.1, 0.15) is 11.8 Å². The zero-order valence-electron chi connectivity index (χ0n) is 15.5. The molecular formula is C16H22N4O4S3. The summed E-state index contributed by atoms with van der Waals surface area (Å²) in [6.07, 6.45) is 1.36. The van der Waals surface area contributed by atoms with E-state index in [1.807, 2.05) is 6.92 Å². The zero-order valence-corrected chi connectivity index (χ0v) is 17.9. The summed E-state index contributed by atoms with van der Waals surface area (Å²) in [6, 6.07) is 5.66. The van der Waals surface area contributed by atoms with Crippen LogP contribution in [0.3, 0.4) is 0 Å². The summed E-state index contributed by atoms with van der Waals surface area (Å²) >= 11 is 2.78. The first-order valence-electron chi connectivity index (χ1n) is 8.20. The molecule has 0 saturated heterocycles. The highest BCUT2D eigenvalue weighted by atomic mass is 32.2. The number of methoxy groups -OCH3 is 1. The summed E-state index contributed by atoms with van der Waals surface area (Å²) in [5.41, 5.74) is 0.360. The molecule has 0 unspecified atom stereocenters. The molecule has 148 valence electrons. The van der Waals surface area contributed by atoms with E-state index in [0.717, 1.165) is 20.7 Å². The third kappa shape index (κ3) is 5.56. The number of nitrogens with zero attached hydrogens (tertiary/aromatic N) is 3. The maximum Gasteiger partial charge on any atom is 0.250 e. The first-order chi connectivity index (χ1) is 12.8. The van der Waals surface area contributed by atoms with Gasteiger partial charge in [0.15, 0.2) is 4.34 Å². The molecule has 0 bridgehead atoms. The highest BCUT2D eigenvalue weighted by Crippen LogP contribution is 2.28. The molecular weight excluding hydrogens is 408 g/mol. The number of amides is 1. The van der Waals surface area contributed by atoms with Gasteiger partial charge in [0, 0.05) is 6.07 Å². The predicted molar refractivity (Wildman–Crippen MR) is 109 cm³/mol. The molecule has 0 aliphatic heterocycles. The van der Waals surface area contributed by atoms with Gasteiger partial charge >= 0.3 is 0 Å². The lowest BCUT2D eigenvalue weighted by Crippen LogP contribution is -2.47. The Morgan fingerprint density at radius 1 is 1.37 bits per heavy atom. The van der Waals surface area contributed by atoms with Crippen LogP contribution in [0.1, 0.15) is 20.3 Å². The van der Waals surface area contributed by atoms with Crippen LogP contribution in [-0.4, -0.2) is 49.7 Å². The standard InChI is InChI=1S/C16H22N4O4S3/c1-5-13(14(21)17-15-18-19-16(26-15)25-6-2)20(27(4,22)23)11-8-7-9-12(10-11)24-3/h7-10,13H,5-6H2,1-4H3,(H,17,18,21)/t13-/m1/s1. The van der Waals surface area contributed by atoms with Gasteiger partial charge in [-0.2, -0.15) is 0 Å². The number of benzene rings is 1. The van der Waals surface area contributed by atoms with Gasteiger partial charge in [0.2, 0.25) is 21.1 Å². The highest BCUT2D eigenvalue weighted by molar-refractivity contribution is 8.01. The lowest BCUT2D eigenvalue weighted by Gasteiger charge is -2.29. The number of carbonyl (C=O) groups excluding carboxylic acids is 1. The molecule has 1 aromatic heterocycles. The first-order valence-corrected chi connectivity index (χ1v) is 11.9. The smallest absolute Gasteiger partial charge is 0.250 e. The molecule has 0 saturated carbocycles. The first kappa shape index (κ1) is 21.5. The Balaban J connectivity index is 2.32. The Labute approximate surface area is 167 Å². The Kier molecular flexibility index (Phi) is 7.45. The molecule has 0 aliphatic rings. The molecule has 2 rings (SSSR count). The fourth-order valence-electron chi connectivity index (χ4n) is 2.44. The molecule has 27 heavy (non-hydrogen) atoms. The van der Waals surface area contributed by atoms with Crippen molar-refractivity contribution in [3.63, 3.8) is 0 Å². The lowest BCUT2D eigenvalue weighted by atomic mass is 10.2. The minimum absolute atomic E-state index is 0.283. The quantitative estimate of drug-likeness (QED) is 0.482. The minimum atomic E-state index is -3.71. The van der Waals surface area contributed by atoms with Crippen LogP contribution in [0.15, 0.2) is 28.6 Å². The van der Waals surface area contributed by atoms with Gasteiger partial charge in [-0.3, -0.25) is 14.4 Å². The topological polar surface area (TPSA) is 101 Å². The van der Waals surface area contributed by atoms with Crippen molar-refractivity contribution in [1.82, 2.24) is 10.2 Å². The zero-order chi connectivity index (χ0) is 20.0. The van der Waals surface area contributed by atoms with Crippen molar-refractivity contribution in [1.29, 1.82) is 0 Å². The molecule has 1 N–H and O–H groups in total. The van der Waals surface area contributed by atoms with E-state index in [-0.39, 0.29) is 6.42 Å². The Morgan fingerprint density at radius 2 is 2.11 bits per heavy atom. The summed E-state index contributed by atoms with van der Waals surface area (Å²) in [5, 5.41) is 10.9. The van der Waals surface area contributed by atoms with Crippen molar-refractivity contribution in [2.75, 3.05) is 28.7 Å². The number of ether oxygens (including phenoxy) is 1. The van der Waals surface area contributed by atoms with E-state index in [9.17, 15) is 13.2 Å². The van der Waals surface area contributed by atoms with E-state index in [0.29, 0.717) is 16.6 Å². The van der Waals surface area contributed by atoms with E-state index >= 15 is 0 Å². The van der Waals surface area contributed by atoms with E-state index in [2.05, 4.69) is 15.5 Å². The Bertz CT molecular complexity index is 885. The SMILES string of the molecule is CCSc1nnc(NC(=O)[C@@H](CC)N(c2cccc(OC)c2)S(C)(=O)=O)s1. The molecule has 0 spiro atoms. The fourth-order valence-corrected chi connectivity index (χ4v) is 5.29. The van der Waals surface area contributed by atoms with Gasteiger partial charge in [0.05, 0.1) is 19.1 Å². The van der Waals surface area contributed by atoms with Gasteiger partial charge < -0.3 is 4.74 Å². The summed E-state index contributed by atoms with van der Waals surface area (Å²) in [6.45, 7) is 3.75. The van der Waals surface area contributed by atoms with Crippen LogP contribution in [-0.2, 0) is 14.8 Å². The van der Waals surface area contributed by atoms with Crippen molar-refractivity contribution < 1.29 is 17.9 Å². The highest BCUT2D eigenvalue weighted by Gasteiger charge is 2.32. The average molecular weight is 431 g/mol. The lowest BCUT2D eigenvalue weighted by molar-refractivity contribution is -0.117. The third-order valence-electron chi connectivity index (χ3n) is 3.54. The Morgan fingerprint density at radius 3 is 2.70 bits per heavy atom. The normalized spacial score (nSPS) is 12.4. The number of thioether (sulfide) groups is 1. The molecule has 0 fully saturated rings. The number of nitrogens with one attached hydrogen (secondary N) is 1. The van der Waals surface area contributed by atoms with Crippen molar-refractivity contribution in [3.8, 4) is 5.75 Å². The van der Waals surface area contributed by atoms with Crippen molar-refractivity contribution in [2.24, 2.45) is 0 Å². The molecule has 8 nitrogen and oxygen atoms in total. The summed E-state index contributed by atoms with van der Waals surface area (Å²) < 4.78 is 31.9. The number of aromatic nitrogens is 2. The molecule has 1 aromatic carbocycles. The molecule has 0 radical (unpaired) electrons. The van der Waals surface area contributed by atoms with Crippen LogP contribution in [0.2, 0.25) is 0 Å². The van der Waals surface area contributed by atoms with Crippen molar-refractivity contribution >= 4 is 49.8 Å². The number of hydrogen-bond donors (Lipinski definition) is 1. The van der Waals surface area contributed by atoms with E-state index < -0.39 is 22.0 Å². The second-order valence-corrected chi connectivity index (χ2v) is 9.83. The molecule has 1 heterocycles. The number of rotatable bonds is 9. The number of anilines is 2. The largest absolute Gasteiger partial charge is 0.497 e. The molecule has 0 aliphatic carbocycles. The number of carbonyl (C=O) groups is 1. The van der Waals surface area contributed by atoms with Gasteiger partial charge in [-0.15, -0.1) is 10.2 Å². The van der Waals surface area contributed by atoms with Crippen LogP contribution in [0.4, 0.5) is 10.8 Å². The van der Waals surface area contributed by atoms with Crippen LogP contribution >= 0.6 is 23.1 Å². The summed E-state index contributed by atoms with van der Waals surface area (Å²) in [4.78, 5) is 12.8. The maximum atomic E-state index is 12.8. The van der Waals surface area contributed by atoms with Crippen LogP contribution < -0.4 is 14.4 Å². The number of sulfonamides is 1. The van der Waals surface area contributed by atoms with Gasteiger partial charge in [-0.25, -0.2) is 8.42 Å². The van der Waals surface area contributed by atoms with Crippen molar-refractivity contribution in [2.45, 2.75) is 30.6 Å². The van der Waals surface area contributed by atoms with Gasteiger partial charge in [-0.1, -0.05) is 43.0 Å². The van der Waals surface area contributed by atoms with Crippen LogP contribution in [0.25, 0.3) is 0 Å². The van der Waals surface area contributed by atoms with Crippen LogP contribution in [0, 0.1) is 0 Å². The van der Waals surface area contributed by atoms with E-state index in [1.54, 1.807) is 31.2 Å². The summed E-state index contributed by atoms with van der Waals surface area (Å²) in [5.74, 6) is 0.884. The maximum absolute atomic E-state index is 12.8. The van der Waals surface area contributed by atoms with Crippen molar-refractivity contribution in [3.05, 3.63) is 24.3 Å². The summed E-state index contributed by atoms with van der Waals surface area (Å²) in [7, 11) is -2.22. The van der Waals surface area contributed by atoms with Crippen LogP contribution in [0.5, 0.6) is 5.75 Å². The Hall–Kier alpha value is -1.85. The molecule has 1 atom stereocenters. The van der Waals surface area contributed by atoms with Gasteiger partial charge in [-0.05, 0) is 24.3 Å². The monoisotopic (exact) mass is 430 g/mol. The van der Waals surface area contributed by atoms with Gasteiger partial charge in [0.25, 0.3) is 0 Å². The average Bonchev–Trinajstić information content (AvgIpc) is 3.05. The minimum Gasteiger partial charge on any atom is -0.497 e. The predicted octanol–water partition coefficient (Wildman–Crippen LogP) is 2.84. The second kappa shape index (κ2) is 9.38. The molecule has 1 amide bonds. The second-order valence-electron chi connectivity index (χ2n) is 5.48. The number of hydrogen-bond acceptors (Lipinski definition) is 8. The molecule has 11 heteroatoms. The fraction of sp³-hybridized carbons (Fsp3) is 0.438. The molecule has 2 aromatic rings. The van der Waals surface area contributed by atoms with E-state index in [1.165, 1.54) is 30.2 Å². The van der Waals surface area contributed by atoms with E-state index in [4.69, 9.17) is 4.74 Å². The third-order valence-corrected chi connectivity index (χ3v) is 6.58.